The van der Waals surface area contributed by atoms with Crippen LogP contribution in [0.3, 0.4) is 0 Å². The van der Waals surface area contributed by atoms with Crippen LogP contribution >= 0.6 is 0 Å². The second kappa shape index (κ2) is 7.12. The van der Waals surface area contributed by atoms with E-state index in [4.69, 9.17) is 4.74 Å². The highest BCUT2D eigenvalue weighted by atomic mass is 16.6. The summed E-state index contributed by atoms with van der Waals surface area (Å²) >= 11 is 0. The average Bonchev–Trinajstić information content (AvgIpc) is 2.73. The van der Waals surface area contributed by atoms with Crippen LogP contribution in [0.1, 0.15) is 60.3 Å². The molecule has 0 bridgehead atoms. The standard InChI is InChI=1S/C24H33NO4/c1-12(2)9-18-22-15(5)14(4)10-17-21-13(3)7-6-8-19(26)16(21)11-20(27)29-24(17,22)23(28)25-18/h10-12,15,17-19,22,26H,6-9H2,1-5H3,(H,25,28). The van der Waals surface area contributed by atoms with Crippen LogP contribution in [-0.4, -0.2) is 34.7 Å². The number of carbonyl (C=O) groups excluding carboxylic acids is 2. The van der Waals surface area contributed by atoms with Crippen molar-refractivity contribution >= 4 is 11.9 Å². The number of aliphatic hydroxyl groups is 1. The van der Waals surface area contributed by atoms with Gasteiger partial charge in [0, 0.05) is 18.0 Å². The lowest BCUT2D eigenvalue weighted by Gasteiger charge is -2.46. The van der Waals surface area contributed by atoms with Gasteiger partial charge in [-0.25, -0.2) is 4.79 Å². The zero-order valence-corrected chi connectivity index (χ0v) is 18.1. The minimum absolute atomic E-state index is 0.0328. The number of fused-ring (bicyclic) bond motifs is 2. The molecule has 4 aliphatic rings. The van der Waals surface area contributed by atoms with Gasteiger partial charge in [0.15, 0.2) is 0 Å². The first-order valence-electron chi connectivity index (χ1n) is 11.0. The third-order valence-electron chi connectivity index (χ3n) is 7.49. The number of rotatable bonds is 2. The molecule has 6 atom stereocenters. The molecule has 0 aromatic carbocycles. The highest BCUT2D eigenvalue weighted by Gasteiger charge is 2.66. The lowest BCUT2D eigenvalue weighted by atomic mass is 9.60. The summed E-state index contributed by atoms with van der Waals surface area (Å²) in [5.74, 6) is -0.630. The van der Waals surface area contributed by atoms with E-state index in [-0.39, 0.29) is 29.7 Å². The summed E-state index contributed by atoms with van der Waals surface area (Å²) in [6, 6.07) is -0.0328. The lowest BCUT2D eigenvalue weighted by Crippen LogP contribution is -2.56. The van der Waals surface area contributed by atoms with E-state index in [2.05, 4.69) is 46.0 Å². The first-order chi connectivity index (χ1) is 13.7. The van der Waals surface area contributed by atoms with Crippen LogP contribution in [-0.2, 0) is 14.3 Å². The molecule has 0 saturated carbocycles. The Labute approximate surface area is 173 Å². The molecule has 0 radical (unpaired) electrons. The van der Waals surface area contributed by atoms with Crippen molar-refractivity contribution in [2.75, 3.05) is 0 Å². The molecule has 2 N–H and O–H groups in total. The van der Waals surface area contributed by atoms with Crippen molar-refractivity contribution in [3.05, 3.63) is 34.4 Å². The molecule has 1 amide bonds. The molecule has 1 fully saturated rings. The lowest BCUT2D eigenvalue weighted by molar-refractivity contribution is -0.171. The number of aliphatic hydroxyl groups excluding tert-OH is 1. The molecule has 2 heterocycles. The zero-order chi connectivity index (χ0) is 21.1. The van der Waals surface area contributed by atoms with Gasteiger partial charge in [0.05, 0.1) is 12.0 Å². The summed E-state index contributed by atoms with van der Waals surface area (Å²) in [5, 5.41) is 14.0. The Morgan fingerprint density at radius 3 is 2.72 bits per heavy atom. The van der Waals surface area contributed by atoms with E-state index in [0.717, 1.165) is 30.4 Å². The smallest absolute Gasteiger partial charge is 0.332 e. The maximum Gasteiger partial charge on any atom is 0.332 e. The topological polar surface area (TPSA) is 75.6 Å². The van der Waals surface area contributed by atoms with Crippen LogP contribution in [0.2, 0.25) is 0 Å². The fourth-order valence-electron chi connectivity index (χ4n) is 6.12. The number of hydrogen-bond acceptors (Lipinski definition) is 4. The largest absolute Gasteiger partial charge is 0.444 e. The van der Waals surface area contributed by atoms with Gasteiger partial charge in [0.2, 0.25) is 5.60 Å². The molecule has 4 rings (SSSR count). The van der Waals surface area contributed by atoms with E-state index in [9.17, 15) is 14.7 Å². The van der Waals surface area contributed by atoms with Crippen LogP contribution in [0.15, 0.2) is 34.4 Å². The average molecular weight is 400 g/mol. The van der Waals surface area contributed by atoms with Crippen molar-refractivity contribution in [3.8, 4) is 0 Å². The van der Waals surface area contributed by atoms with E-state index in [1.165, 1.54) is 11.6 Å². The van der Waals surface area contributed by atoms with Gasteiger partial charge >= 0.3 is 5.97 Å². The Kier molecular flexibility index (Phi) is 5.01. The Hall–Kier alpha value is -1.88. The summed E-state index contributed by atoms with van der Waals surface area (Å²) in [6.45, 7) is 10.6. The predicted octanol–water partition coefficient (Wildman–Crippen LogP) is 3.44. The molecule has 0 aromatic rings. The number of carbonyl (C=O) groups is 2. The molecule has 5 heteroatoms. The summed E-state index contributed by atoms with van der Waals surface area (Å²) < 4.78 is 6.08. The van der Waals surface area contributed by atoms with Crippen LogP contribution < -0.4 is 5.32 Å². The van der Waals surface area contributed by atoms with Gasteiger partial charge in [0.25, 0.3) is 5.91 Å². The molecule has 29 heavy (non-hydrogen) atoms. The molecule has 0 aromatic heterocycles. The van der Waals surface area contributed by atoms with Crippen LogP contribution in [0.4, 0.5) is 0 Å². The van der Waals surface area contributed by atoms with Gasteiger partial charge in [-0.3, -0.25) is 4.79 Å². The Bertz CT molecular complexity index is 836. The predicted molar refractivity (Wildman–Crippen MR) is 111 cm³/mol. The summed E-state index contributed by atoms with van der Waals surface area (Å²) in [7, 11) is 0. The first kappa shape index (κ1) is 20.4. The minimum Gasteiger partial charge on any atom is -0.444 e. The maximum absolute atomic E-state index is 13.5. The molecule has 2 aliphatic carbocycles. The second-order valence-electron chi connectivity index (χ2n) is 9.83. The molecule has 158 valence electrons. The molecular weight excluding hydrogens is 366 g/mol. The quantitative estimate of drug-likeness (QED) is 0.551. The van der Waals surface area contributed by atoms with Gasteiger partial charge in [-0.2, -0.15) is 0 Å². The number of amides is 1. The maximum atomic E-state index is 13.5. The van der Waals surface area contributed by atoms with Crippen molar-refractivity contribution in [2.45, 2.75) is 78.0 Å². The Balaban J connectivity index is 1.95. The van der Waals surface area contributed by atoms with Gasteiger partial charge in [-0.1, -0.05) is 38.0 Å². The van der Waals surface area contributed by atoms with E-state index in [0.29, 0.717) is 17.9 Å². The summed E-state index contributed by atoms with van der Waals surface area (Å²) in [4.78, 5) is 26.5. The third-order valence-corrected chi connectivity index (χ3v) is 7.49. The number of esters is 1. The number of ether oxygens (including phenoxy) is 1. The molecule has 5 nitrogen and oxygen atoms in total. The zero-order valence-electron chi connectivity index (χ0n) is 18.1. The SMILES string of the molecule is CC1=CC2C3=C(C)CCCC(O)C3=CC(=O)OC23C(=O)NC(CC(C)C)C3C1C. The van der Waals surface area contributed by atoms with Gasteiger partial charge in [0.1, 0.15) is 0 Å². The van der Waals surface area contributed by atoms with Crippen LogP contribution in [0.5, 0.6) is 0 Å². The van der Waals surface area contributed by atoms with Crippen LogP contribution in [0.25, 0.3) is 0 Å². The highest BCUT2D eigenvalue weighted by Crippen LogP contribution is 2.55. The highest BCUT2D eigenvalue weighted by molar-refractivity contribution is 5.96. The van der Waals surface area contributed by atoms with E-state index in [1.54, 1.807) is 0 Å². The van der Waals surface area contributed by atoms with Gasteiger partial charge < -0.3 is 15.2 Å². The Morgan fingerprint density at radius 1 is 1.31 bits per heavy atom. The normalized spacial score (nSPS) is 39.5. The third kappa shape index (κ3) is 3.00. The van der Waals surface area contributed by atoms with Gasteiger partial charge in [-0.05, 0) is 62.5 Å². The monoisotopic (exact) mass is 399 g/mol. The molecular formula is C24H33NO4. The van der Waals surface area contributed by atoms with E-state index < -0.39 is 17.7 Å². The van der Waals surface area contributed by atoms with Crippen molar-refractivity contribution in [2.24, 2.45) is 23.7 Å². The first-order valence-corrected chi connectivity index (χ1v) is 11.0. The summed E-state index contributed by atoms with van der Waals surface area (Å²) in [6.07, 6.45) is 6.05. The number of allylic oxidation sites excluding steroid dienone is 2. The second-order valence-corrected chi connectivity index (χ2v) is 9.83. The number of hydrogen-bond donors (Lipinski definition) is 2. The van der Waals surface area contributed by atoms with Crippen LogP contribution in [0, 0.1) is 23.7 Å². The van der Waals surface area contributed by atoms with E-state index >= 15 is 0 Å². The van der Waals surface area contributed by atoms with Crippen molar-refractivity contribution < 1.29 is 19.4 Å². The van der Waals surface area contributed by atoms with Crippen molar-refractivity contribution in [3.63, 3.8) is 0 Å². The van der Waals surface area contributed by atoms with Crippen molar-refractivity contribution in [1.82, 2.24) is 5.32 Å². The molecule has 6 unspecified atom stereocenters. The number of nitrogens with one attached hydrogen (secondary N) is 1. The minimum atomic E-state index is -1.24. The Morgan fingerprint density at radius 2 is 2.03 bits per heavy atom. The fraction of sp³-hybridized carbons (Fsp3) is 0.667. The molecule has 2 aliphatic heterocycles. The van der Waals surface area contributed by atoms with E-state index in [1.807, 2.05) is 0 Å². The molecule has 1 saturated heterocycles. The summed E-state index contributed by atoms with van der Waals surface area (Å²) in [5.41, 5.74) is 2.71. The molecule has 1 spiro atoms. The fourth-order valence-corrected chi connectivity index (χ4v) is 6.12. The van der Waals surface area contributed by atoms with Crippen molar-refractivity contribution in [1.29, 1.82) is 0 Å². The van der Waals surface area contributed by atoms with Gasteiger partial charge in [-0.15, -0.1) is 0 Å².